The zero-order valence-corrected chi connectivity index (χ0v) is 11.6. The molecule has 3 nitrogen and oxygen atoms in total. The molecule has 3 rings (SSSR count). The number of rotatable bonds is 3. The number of hydrogen-bond donors (Lipinski definition) is 0. The van der Waals surface area contributed by atoms with E-state index in [2.05, 4.69) is 6.07 Å². The van der Waals surface area contributed by atoms with E-state index in [1.54, 1.807) is 34.8 Å². The van der Waals surface area contributed by atoms with Crippen molar-refractivity contribution in [2.24, 2.45) is 0 Å². The van der Waals surface area contributed by atoms with Crippen LogP contribution in [-0.2, 0) is 0 Å². The lowest BCUT2D eigenvalue weighted by Crippen LogP contribution is -2.11. The van der Waals surface area contributed by atoms with Gasteiger partial charge < -0.3 is 0 Å². The van der Waals surface area contributed by atoms with Crippen LogP contribution in [0.15, 0.2) is 59.0 Å². The molecule has 0 saturated heterocycles. The van der Waals surface area contributed by atoms with Crippen LogP contribution < -0.4 is 0 Å². The van der Waals surface area contributed by atoms with E-state index < -0.39 is 0 Å². The summed E-state index contributed by atoms with van der Waals surface area (Å²) >= 11 is 3.34. The Bertz CT molecular complexity index is 626. The summed E-state index contributed by atoms with van der Waals surface area (Å²) in [7, 11) is 0. The van der Waals surface area contributed by atoms with Crippen molar-refractivity contribution in [2.75, 3.05) is 0 Å². The van der Waals surface area contributed by atoms with Gasteiger partial charge in [-0.05, 0) is 22.9 Å². The maximum atomic E-state index is 11.0. The van der Waals surface area contributed by atoms with Gasteiger partial charge in [0, 0.05) is 33.7 Å². The van der Waals surface area contributed by atoms with Gasteiger partial charge in [0.25, 0.3) is 5.70 Å². The molecule has 0 radical (unpaired) electrons. The number of hydrogen-bond acceptors (Lipinski definition) is 4. The Morgan fingerprint density at radius 3 is 2.21 bits per heavy atom. The molecule has 0 N–H and O–H groups in total. The molecular weight excluding hydrogens is 278 g/mol. The third-order valence-corrected chi connectivity index (χ3v) is 5.11. The highest BCUT2D eigenvalue weighted by atomic mass is 32.1. The molecule has 0 bridgehead atoms. The van der Waals surface area contributed by atoms with Crippen molar-refractivity contribution in [3.8, 4) is 0 Å². The summed E-state index contributed by atoms with van der Waals surface area (Å²) in [4.78, 5) is 13.0. The molecule has 2 aromatic heterocycles. The van der Waals surface area contributed by atoms with E-state index in [-0.39, 0.29) is 22.5 Å². The normalized spacial score (nSPS) is 22.2. The molecule has 2 heterocycles. The third-order valence-electron chi connectivity index (χ3n) is 3.17. The summed E-state index contributed by atoms with van der Waals surface area (Å²) in [5.41, 5.74) is 0.186. The summed E-state index contributed by atoms with van der Waals surface area (Å²) in [6, 6.07) is 8.14. The highest BCUT2D eigenvalue weighted by molar-refractivity contribution is 7.10. The topological polar surface area (TPSA) is 43.1 Å². The fraction of sp³-hybridized carbons (Fsp3) is 0.143. The van der Waals surface area contributed by atoms with Crippen LogP contribution in [0.3, 0.4) is 0 Å². The molecule has 5 heteroatoms. The smallest absolute Gasteiger partial charge is 0.258 e. The molecule has 0 unspecified atom stereocenters. The van der Waals surface area contributed by atoms with Crippen molar-refractivity contribution in [1.29, 1.82) is 0 Å². The zero-order chi connectivity index (χ0) is 13.2. The average Bonchev–Trinajstić information content (AvgIpc) is 3.11. The molecule has 0 aromatic carbocycles. The molecule has 0 saturated carbocycles. The van der Waals surface area contributed by atoms with Crippen LogP contribution in [-0.4, -0.2) is 4.92 Å². The fourth-order valence-corrected chi connectivity index (χ4v) is 3.98. The summed E-state index contributed by atoms with van der Waals surface area (Å²) in [6.45, 7) is 0. The number of thiophene rings is 2. The molecule has 0 aliphatic heterocycles. The van der Waals surface area contributed by atoms with E-state index in [0.29, 0.717) is 0 Å². The summed E-state index contributed by atoms with van der Waals surface area (Å²) in [5, 5.41) is 15.0. The molecule has 2 atom stereocenters. The van der Waals surface area contributed by atoms with Gasteiger partial charge in [0.15, 0.2) is 0 Å². The standard InChI is InChI=1S/C14H11NO2S2/c16-15(17)10-5-6-11(13-3-1-7-18-13)12(9-10)14-4-2-8-19-14/h1-9,11-12H/t11-,12+/m0/s1. The van der Waals surface area contributed by atoms with Crippen molar-refractivity contribution in [3.05, 3.63) is 78.8 Å². The zero-order valence-electron chi connectivity index (χ0n) is 9.93. The second-order valence-electron chi connectivity index (χ2n) is 4.29. The van der Waals surface area contributed by atoms with E-state index >= 15 is 0 Å². The molecule has 1 aliphatic carbocycles. The molecule has 2 aromatic rings. The Labute approximate surface area is 118 Å². The lowest BCUT2D eigenvalue weighted by Gasteiger charge is -2.22. The molecule has 19 heavy (non-hydrogen) atoms. The van der Waals surface area contributed by atoms with Gasteiger partial charge in [-0.1, -0.05) is 18.2 Å². The van der Waals surface area contributed by atoms with Crippen molar-refractivity contribution < 1.29 is 4.92 Å². The van der Waals surface area contributed by atoms with Gasteiger partial charge in [0.2, 0.25) is 0 Å². The maximum Gasteiger partial charge on any atom is 0.265 e. The largest absolute Gasteiger partial charge is 0.265 e. The molecule has 0 amide bonds. The van der Waals surface area contributed by atoms with Gasteiger partial charge in [-0.15, -0.1) is 22.7 Å². The fourth-order valence-electron chi connectivity index (χ4n) is 2.28. The first kappa shape index (κ1) is 12.3. The second kappa shape index (κ2) is 5.11. The van der Waals surface area contributed by atoms with Crippen LogP contribution in [0, 0.1) is 10.1 Å². The van der Waals surface area contributed by atoms with Crippen molar-refractivity contribution >= 4 is 22.7 Å². The Kier molecular flexibility index (Phi) is 3.31. The Hall–Kier alpha value is -1.72. The lowest BCUT2D eigenvalue weighted by atomic mass is 9.85. The Morgan fingerprint density at radius 1 is 1.05 bits per heavy atom. The van der Waals surface area contributed by atoms with E-state index in [0.717, 1.165) is 0 Å². The number of allylic oxidation sites excluding steroid dienone is 3. The Balaban J connectivity index is 2.02. The van der Waals surface area contributed by atoms with Gasteiger partial charge >= 0.3 is 0 Å². The quantitative estimate of drug-likeness (QED) is 0.620. The van der Waals surface area contributed by atoms with Gasteiger partial charge in [-0.2, -0.15) is 0 Å². The van der Waals surface area contributed by atoms with Gasteiger partial charge in [0.1, 0.15) is 0 Å². The lowest BCUT2D eigenvalue weighted by molar-refractivity contribution is -0.419. The first-order valence-electron chi connectivity index (χ1n) is 5.87. The minimum atomic E-state index is -0.318. The molecule has 0 fully saturated rings. The number of nitrogens with zero attached hydrogens (tertiary/aromatic N) is 1. The van der Waals surface area contributed by atoms with Gasteiger partial charge in [-0.25, -0.2) is 0 Å². The minimum absolute atomic E-state index is 0.0593. The summed E-state index contributed by atoms with van der Waals surface area (Å²) in [6.07, 6.45) is 5.35. The Morgan fingerprint density at radius 2 is 1.68 bits per heavy atom. The molecule has 0 spiro atoms. The van der Waals surface area contributed by atoms with Crippen molar-refractivity contribution in [3.63, 3.8) is 0 Å². The predicted molar refractivity (Wildman–Crippen MR) is 78.3 cm³/mol. The van der Waals surface area contributed by atoms with E-state index in [1.165, 1.54) is 9.75 Å². The van der Waals surface area contributed by atoms with Crippen LogP contribution in [0.25, 0.3) is 0 Å². The minimum Gasteiger partial charge on any atom is -0.258 e. The van der Waals surface area contributed by atoms with Crippen molar-refractivity contribution in [2.45, 2.75) is 11.8 Å². The highest BCUT2D eigenvalue weighted by Crippen LogP contribution is 2.42. The van der Waals surface area contributed by atoms with Gasteiger partial charge in [-0.3, -0.25) is 10.1 Å². The predicted octanol–water partition coefficient (Wildman–Crippen LogP) is 4.41. The second-order valence-corrected chi connectivity index (χ2v) is 6.25. The monoisotopic (exact) mass is 289 g/mol. The molecule has 1 aliphatic rings. The van der Waals surface area contributed by atoms with Gasteiger partial charge in [0.05, 0.1) is 4.92 Å². The van der Waals surface area contributed by atoms with Crippen LogP contribution in [0.4, 0.5) is 0 Å². The average molecular weight is 289 g/mol. The third kappa shape index (κ3) is 2.39. The number of nitro groups is 1. The first-order chi connectivity index (χ1) is 9.25. The molecule has 96 valence electrons. The van der Waals surface area contributed by atoms with E-state index in [9.17, 15) is 10.1 Å². The van der Waals surface area contributed by atoms with Crippen LogP contribution in [0.1, 0.15) is 21.6 Å². The molecular formula is C14H11NO2S2. The van der Waals surface area contributed by atoms with E-state index in [4.69, 9.17) is 0 Å². The van der Waals surface area contributed by atoms with Crippen LogP contribution in [0.5, 0.6) is 0 Å². The summed E-state index contributed by atoms with van der Waals surface area (Å²) < 4.78 is 0. The van der Waals surface area contributed by atoms with Crippen molar-refractivity contribution in [1.82, 2.24) is 0 Å². The SMILES string of the molecule is O=[N+]([O-])C1=C[C@@H](c2cccs2)[C@@H](c2cccs2)C=C1. The van der Waals surface area contributed by atoms with Crippen LogP contribution in [0.2, 0.25) is 0 Å². The first-order valence-corrected chi connectivity index (χ1v) is 7.63. The highest BCUT2D eigenvalue weighted by Gasteiger charge is 2.28. The maximum absolute atomic E-state index is 11.0. The van der Waals surface area contributed by atoms with Crippen LogP contribution >= 0.6 is 22.7 Å². The van der Waals surface area contributed by atoms with E-state index in [1.807, 2.05) is 35.0 Å². The summed E-state index contributed by atoms with van der Waals surface area (Å²) in [5.74, 6) is 0.256.